The molecule has 1 amide bonds. The number of likely N-dealkylation sites (tertiary alicyclic amines) is 1. The molecule has 0 radical (unpaired) electrons. The second kappa shape index (κ2) is 9.71. The fourth-order valence-corrected chi connectivity index (χ4v) is 3.97. The van der Waals surface area contributed by atoms with Crippen molar-refractivity contribution >= 4 is 17.6 Å². The molecule has 0 spiro atoms. The number of carboxylic acids is 1. The zero-order chi connectivity index (χ0) is 22.6. The van der Waals surface area contributed by atoms with Crippen LogP contribution in [0.3, 0.4) is 0 Å². The third-order valence-electron chi connectivity index (χ3n) is 5.80. The van der Waals surface area contributed by atoms with Crippen molar-refractivity contribution in [3.63, 3.8) is 0 Å². The Morgan fingerprint density at radius 1 is 1.19 bits per heavy atom. The van der Waals surface area contributed by atoms with E-state index in [-0.39, 0.29) is 17.8 Å². The maximum absolute atomic E-state index is 14.6. The van der Waals surface area contributed by atoms with Gasteiger partial charge in [-0.2, -0.15) is 0 Å². The lowest BCUT2D eigenvalue weighted by atomic mass is 9.86. The highest BCUT2D eigenvalue weighted by molar-refractivity contribution is 5.74. The van der Waals surface area contributed by atoms with Crippen LogP contribution in [0.4, 0.5) is 9.18 Å². The summed E-state index contributed by atoms with van der Waals surface area (Å²) in [4.78, 5) is 24.9. The molecule has 0 bridgehead atoms. The quantitative estimate of drug-likeness (QED) is 0.698. The highest BCUT2D eigenvalue weighted by Crippen LogP contribution is 2.33. The fraction of sp³-hybridized carbons (Fsp3) is 0.583. The Kier molecular flexibility index (Phi) is 7.23. The number of amides is 1. The highest BCUT2D eigenvalue weighted by atomic mass is 19.1. The maximum Gasteiger partial charge on any atom is 0.410 e. The Morgan fingerprint density at radius 2 is 1.90 bits per heavy atom. The first-order valence-electron chi connectivity index (χ1n) is 10.9. The lowest BCUT2D eigenvalue weighted by Gasteiger charge is -2.33. The second-order valence-electron chi connectivity index (χ2n) is 9.40. The molecule has 1 atom stereocenters. The zero-order valence-corrected chi connectivity index (χ0v) is 18.5. The Morgan fingerprint density at radius 3 is 2.45 bits per heavy atom. The number of carboxylic acid groups (broad SMARTS) is 1. The number of carbonyl (C=O) groups excluding carboxylic acids is 1. The second-order valence-corrected chi connectivity index (χ2v) is 9.40. The van der Waals surface area contributed by atoms with Crippen molar-refractivity contribution in [3.05, 3.63) is 35.7 Å². The molecule has 1 N–H and O–H groups in total. The molecule has 1 saturated heterocycles. The normalized spacial score (nSPS) is 20.2. The molecule has 1 unspecified atom stereocenters. The average Bonchev–Trinajstić information content (AvgIpc) is 2.71. The summed E-state index contributed by atoms with van der Waals surface area (Å²) in [5.41, 5.74) is 0.872. The summed E-state index contributed by atoms with van der Waals surface area (Å²) in [5, 5.41) is 9.09. The van der Waals surface area contributed by atoms with Crippen molar-refractivity contribution in [1.29, 1.82) is 0 Å². The Hall–Kier alpha value is -2.57. The summed E-state index contributed by atoms with van der Waals surface area (Å²) < 4.78 is 25.9. The minimum absolute atomic E-state index is 0.281. The van der Waals surface area contributed by atoms with Gasteiger partial charge >= 0.3 is 12.1 Å². The van der Waals surface area contributed by atoms with E-state index in [2.05, 4.69) is 0 Å². The van der Waals surface area contributed by atoms with Gasteiger partial charge in [0.1, 0.15) is 17.2 Å². The van der Waals surface area contributed by atoms with Gasteiger partial charge in [0.15, 0.2) is 0 Å². The molecule has 7 heteroatoms. The molecule has 0 aromatic heterocycles. The van der Waals surface area contributed by atoms with E-state index < -0.39 is 11.6 Å². The molecular formula is C24H32FNO5. The van der Waals surface area contributed by atoms with Gasteiger partial charge in [0.05, 0.1) is 12.5 Å². The van der Waals surface area contributed by atoms with Crippen molar-refractivity contribution in [2.75, 3.05) is 19.7 Å². The zero-order valence-electron chi connectivity index (χ0n) is 18.5. The molecule has 1 heterocycles. The lowest BCUT2D eigenvalue weighted by Crippen LogP contribution is -2.42. The summed E-state index contributed by atoms with van der Waals surface area (Å²) in [6.07, 6.45) is 4.71. The molecule has 1 fully saturated rings. The first-order chi connectivity index (χ1) is 14.6. The van der Waals surface area contributed by atoms with E-state index in [9.17, 15) is 14.0 Å². The number of hydrogen-bond acceptors (Lipinski definition) is 4. The number of benzene rings is 1. The highest BCUT2D eigenvalue weighted by Gasteiger charge is 2.27. The van der Waals surface area contributed by atoms with Crippen LogP contribution in [0.15, 0.2) is 24.3 Å². The van der Waals surface area contributed by atoms with Crippen LogP contribution in [0.2, 0.25) is 0 Å². The van der Waals surface area contributed by atoms with E-state index in [0.29, 0.717) is 56.2 Å². The maximum atomic E-state index is 14.6. The lowest BCUT2D eigenvalue weighted by molar-refractivity contribution is -0.141. The van der Waals surface area contributed by atoms with Crippen molar-refractivity contribution in [2.24, 2.45) is 11.8 Å². The van der Waals surface area contributed by atoms with Gasteiger partial charge in [-0.15, -0.1) is 0 Å². The van der Waals surface area contributed by atoms with Crippen LogP contribution < -0.4 is 4.74 Å². The summed E-state index contributed by atoms with van der Waals surface area (Å²) in [5.74, 6) is -0.740. The van der Waals surface area contributed by atoms with E-state index in [4.69, 9.17) is 14.6 Å². The standard InChI is InChI=1S/C24H32FNO5/c1-24(2,3)31-23(29)26-12-10-16(11-13-26)15-30-19-8-9-20(21(25)14-19)17-4-6-18(7-5-17)22(27)28/h4,8-9,14,16,18H,5-7,10-13,15H2,1-3H3,(H,27,28). The molecule has 1 aromatic carbocycles. The van der Waals surface area contributed by atoms with Gasteiger partial charge in [0, 0.05) is 24.7 Å². The number of nitrogens with zero attached hydrogens (tertiary/aromatic N) is 1. The molecule has 31 heavy (non-hydrogen) atoms. The molecule has 1 aromatic rings. The van der Waals surface area contributed by atoms with Crippen LogP contribution in [0.1, 0.15) is 58.4 Å². The number of carbonyl (C=O) groups is 2. The van der Waals surface area contributed by atoms with E-state index in [1.54, 1.807) is 17.0 Å². The molecule has 2 aliphatic rings. The summed E-state index contributed by atoms with van der Waals surface area (Å²) in [6, 6.07) is 4.87. The van der Waals surface area contributed by atoms with Crippen LogP contribution in [0.5, 0.6) is 5.75 Å². The van der Waals surface area contributed by atoms with Gasteiger partial charge in [-0.1, -0.05) is 6.08 Å². The molecule has 0 saturated carbocycles. The van der Waals surface area contributed by atoms with Gasteiger partial charge in [0.2, 0.25) is 0 Å². The minimum atomic E-state index is -0.795. The van der Waals surface area contributed by atoms with Crippen LogP contribution in [0, 0.1) is 17.7 Å². The molecule has 170 valence electrons. The predicted octanol–water partition coefficient (Wildman–Crippen LogP) is 5.12. The average molecular weight is 434 g/mol. The van der Waals surface area contributed by atoms with E-state index in [1.807, 2.05) is 26.8 Å². The predicted molar refractivity (Wildman–Crippen MR) is 115 cm³/mol. The molecule has 3 rings (SSSR count). The first-order valence-corrected chi connectivity index (χ1v) is 10.9. The van der Waals surface area contributed by atoms with E-state index in [1.165, 1.54) is 6.07 Å². The van der Waals surface area contributed by atoms with Crippen LogP contribution >= 0.6 is 0 Å². The molecule has 6 nitrogen and oxygen atoms in total. The first kappa shape index (κ1) is 23.1. The van der Waals surface area contributed by atoms with Crippen molar-refractivity contribution in [2.45, 2.75) is 58.5 Å². The number of aliphatic carboxylic acids is 1. The SMILES string of the molecule is CC(C)(C)OC(=O)N1CCC(COc2ccc(C3=CCC(C(=O)O)CC3)c(F)c2)CC1. The summed E-state index contributed by atoms with van der Waals surface area (Å²) >= 11 is 0. The molecular weight excluding hydrogens is 401 g/mol. The van der Waals surface area contributed by atoms with Gasteiger partial charge in [-0.25, -0.2) is 9.18 Å². The Bertz CT molecular complexity index is 837. The van der Waals surface area contributed by atoms with Crippen LogP contribution in [0.25, 0.3) is 5.57 Å². The third-order valence-corrected chi connectivity index (χ3v) is 5.80. The summed E-state index contributed by atoms with van der Waals surface area (Å²) in [6.45, 7) is 7.29. The van der Waals surface area contributed by atoms with E-state index >= 15 is 0 Å². The fourth-order valence-electron chi connectivity index (χ4n) is 3.97. The third kappa shape index (κ3) is 6.45. The summed E-state index contributed by atoms with van der Waals surface area (Å²) in [7, 11) is 0. The van der Waals surface area contributed by atoms with Crippen molar-refractivity contribution in [3.8, 4) is 5.75 Å². The number of rotatable bonds is 5. The number of allylic oxidation sites excluding steroid dienone is 2. The number of piperidine rings is 1. The minimum Gasteiger partial charge on any atom is -0.493 e. The number of halogens is 1. The van der Waals surface area contributed by atoms with Gasteiger partial charge in [-0.3, -0.25) is 4.79 Å². The Labute approximate surface area is 183 Å². The van der Waals surface area contributed by atoms with Gasteiger partial charge in [-0.05, 0) is 76.5 Å². The van der Waals surface area contributed by atoms with E-state index in [0.717, 1.165) is 18.4 Å². The topological polar surface area (TPSA) is 76.1 Å². The van der Waals surface area contributed by atoms with Crippen molar-refractivity contribution < 1.29 is 28.6 Å². The van der Waals surface area contributed by atoms with Gasteiger partial charge in [0.25, 0.3) is 0 Å². The smallest absolute Gasteiger partial charge is 0.410 e. The molecule has 1 aliphatic heterocycles. The monoisotopic (exact) mass is 433 g/mol. The van der Waals surface area contributed by atoms with Crippen LogP contribution in [-0.2, 0) is 9.53 Å². The number of hydrogen-bond donors (Lipinski definition) is 1. The van der Waals surface area contributed by atoms with Crippen molar-refractivity contribution in [1.82, 2.24) is 4.90 Å². The Balaban J connectivity index is 1.48. The van der Waals surface area contributed by atoms with Gasteiger partial charge < -0.3 is 19.5 Å². The number of ether oxygens (including phenoxy) is 2. The molecule has 1 aliphatic carbocycles. The van der Waals surface area contributed by atoms with Crippen LogP contribution in [-0.4, -0.2) is 47.4 Å². The largest absolute Gasteiger partial charge is 0.493 e.